The third kappa shape index (κ3) is 7.91. The molecule has 10 nitrogen and oxygen atoms in total. The first-order valence-electron chi connectivity index (χ1n) is 15.8. The van der Waals surface area contributed by atoms with E-state index in [4.69, 9.17) is 19.2 Å². The number of anilines is 2. The second-order valence-corrected chi connectivity index (χ2v) is 12.2. The molecule has 0 radical (unpaired) electrons. The smallest absolute Gasteiger partial charge is 0.416 e. The largest absolute Gasteiger partial charge is 0.468 e. The van der Waals surface area contributed by atoms with E-state index in [1.165, 1.54) is 18.9 Å². The summed E-state index contributed by atoms with van der Waals surface area (Å²) in [5, 5.41) is 0. The Morgan fingerprint density at radius 1 is 1.00 bits per heavy atom. The summed E-state index contributed by atoms with van der Waals surface area (Å²) >= 11 is 0. The maximum Gasteiger partial charge on any atom is 0.416 e. The molecule has 3 aliphatic rings. The number of halogens is 6. The minimum Gasteiger partial charge on any atom is -0.468 e. The number of pyridine rings is 1. The van der Waals surface area contributed by atoms with Gasteiger partial charge in [0.1, 0.15) is 11.9 Å². The molecule has 1 aromatic heterocycles. The van der Waals surface area contributed by atoms with Crippen LogP contribution in [0, 0.1) is 0 Å². The lowest BCUT2D eigenvalue weighted by Gasteiger charge is -2.38. The topological polar surface area (TPSA) is 87.7 Å². The van der Waals surface area contributed by atoms with E-state index in [0.29, 0.717) is 69.5 Å². The Hall–Kier alpha value is -3.79. The van der Waals surface area contributed by atoms with Gasteiger partial charge in [0.05, 0.1) is 49.3 Å². The monoisotopic (exact) mass is 687 g/mol. The highest BCUT2D eigenvalue weighted by atomic mass is 19.4. The number of carbonyl (C=O) groups is 2. The fraction of sp³-hybridized carbons (Fsp3) is 0.594. The van der Waals surface area contributed by atoms with Crippen molar-refractivity contribution in [2.45, 2.75) is 63.8 Å². The van der Waals surface area contributed by atoms with E-state index >= 15 is 0 Å². The number of nitrogens with zero attached hydrogens (tertiary/aromatic N) is 5. The maximum absolute atomic E-state index is 13.6. The van der Waals surface area contributed by atoms with Gasteiger partial charge in [-0.25, -0.2) is 9.78 Å². The molecule has 0 N–H and O–H groups in total. The van der Waals surface area contributed by atoms with Gasteiger partial charge in [0.2, 0.25) is 0 Å². The van der Waals surface area contributed by atoms with Crippen molar-refractivity contribution < 1.29 is 50.1 Å². The zero-order valence-electron chi connectivity index (χ0n) is 26.9. The van der Waals surface area contributed by atoms with Crippen LogP contribution < -0.4 is 9.80 Å². The number of carbonyl (C=O) groups excluding carboxylic acids is 2. The second-order valence-electron chi connectivity index (χ2n) is 12.2. The minimum absolute atomic E-state index is 0.0419. The number of methoxy groups -OCH3 is 1. The number of hydrogen-bond donors (Lipinski definition) is 0. The van der Waals surface area contributed by atoms with Crippen molar-refractivity contribution in [1.29, 1.82) is 0 Å². The Labute approximate surface area is 274 Å². The van der Waals surface area contributed by atoms with Crippen LogP contribution in [0.3, 0.4) is 0 Å². The summed E-state index contributed by atoms with van der Waals surface area (Å²) in [5.41, 5.74) is -1.92. The number of ether oxygens (including phenoxy) is 3. The Morgan fingerprint density at radius 3 is 2.19 bits per heavy atom. The van der Waals surface area contributed by atoms with Gasteiger partial charge in [-0.1, -0.05) is 0 Å². The molecule has 0 aliphatic carbocycles. The van der Waals surface area contributed by atoms with Crippen molar-refractivity contribution in [1.82, 2.24) is 14.8 Å². The van der Waals surface area contributed by atoms with E-state index in [1.807, 2.05) is 17.9 Å². The molecule has 1 aromatic carbocycles. The molecular formula is C32H39F6N5O5. The normalized spacial score (nSPS) is 21.4. The average Bonchev–Trinajstić information content (AvgIpc) is 3.34. The van der Waals surface area contributed by atoms with Crippen molar-refractivity contribution in [3.05, 3.63) is 52.7 Å². The van der Waals surface area contributed by atoms with E-state index in [-0.39, 0.29) is 31.2 Å². The van der Waals surface area contributed by atoms with Crippen molar-refractivity contribution >= 4 is 23.6 Å². The van der Waals surface area contributed by atoms with E-state index in [1.54, 1.807) is 6.20 Å². The molecule has 3 aliphatic heterocycles. The van der Waals surface area contributed by atoms with Crippen molar-refractivity contribution in [2.24, 2.45) is 0 Å². The summed E-state index contributed by atoms with van der Waals surface area (Å²) in [5.74, 6) is 0.300. The minimum atomic E-state index is -5.04. The lowest BCUT2D eigenvalue weighted by Crippen LogP contribution is -2.48. The van der Waals surface area contributed by atoms with Crippen LogP contribution in [-0.4, -0.2) is 98.5 Å². The fourth-order valence-electron chi connectivity index (χ4n) is 6.51. The van der Waals surface area contributed by atoms with Crippen LogP contribution in [0.15, 0.2) is 30.5 Å². The van der Waals surface area contributed by atoms with Crippen molar-refractivity contribution in [2.75, 3.05) is 69.4 Å². The molecule has 3 fully saturated rings. The summed E-state index contributed by atoms with van der Waals surface area (Å²) < 4.78 is 97.5. The number of benzene rings is 1. The summed E-state index contributed by atoms with van der Waals surface area (Å²) in [4.78, 5) is 37.4. The van der Waals surface area contributed by atoms with Gasteiger partial charge >= 0.3 is 24.4 Å². The Balaban J connectivity index is 1.45. The molecule has 0 saturated carbocycles. The summed E-state index contributed by atoms with van der Waals surface area (Å²) in [6.45, 7) is 7.82. The number of aromatic nitrogens is 1. The molecule has 3 saturated heterocycles. The number of alkyl halides is 6. The number of esters is 1. The van der Waals surface area contributed by atoms with E-state index in [2.05, 4.69) is 9.80 Å². The molecular weight excluding hydrogens is 648 g/mol. The van der Waals surface area contributed by atoms with Gasteiger partial charge in [0.15, 0.2) is 0 Å². The van der Waals surface area contributed by atoms with Gasteiger partial charge in [0, 0.05) is 57.5 Å². The van der Waals surface area contributed by atoms with E-state index in [0.717, 1.165) is 18.5 Å². The number of amides is 1. The highest BCUT2D eigenvalue weighted by Crippen LogP contribution is 2.41. The van der Waals surface area contributed by atoms with Crippen LogP contribution in [0.5, 0.6) is 0 Å². The highest BCUT2D eigenvalue weighted by Gasteiger charge is 2.44. The number of hydrogen-bond acceptors (Lipinski definition) is 9. The van der Waals surface area contributed by atoms with Crippen LogP contribution in [0.1, 0.15) is 55.0 Å². The summed E-state index contributed by atoms with van der Waals surface area (Å²) in [6.07, 6.45) is -9.03. The lowest BCUT2D eigenvalue weighted by atomic mass is 9.97. The molecule has 16 heteroatoms. The highest BCUT2D eigenvalue weighted by molar-refractivity contribution is 5.72. The Bertz CT molecular complexity index is 1430. The first kappa shape index (κ1) is 35.5. The predicted molar refractivity (Wildman–Crippen MR) is 162 cm³/mol. The van der Waals surface area contributed by atoms with Gasteiger partial charge < -0.3 is 24.0 Å². The molecule has 2 atom stereocenters. The Morgan fingerprint density at radius 2 is 1.62 bits per heavy atom. The lowest BCUT2D eigenvalue weighted by molar-refractivity contribution is -0.144. The molecule has 4 heterocycles. The van der Waals surface area contributed by atoms with Gasteiger partial charge in [-0.15, -0.1) is 0 Å². The fourth-order valence-corrected chi connectivity index (χ4v) is 6.51. The SMILES string of the molecule is CCN(c1ncc(N2CCN(CC(=O)OC)CC2)cc1CN1C(=O)O[C@H](c2cc(C(F)(F)F)cc(C(F)(F)F)c2)[C@@H]1C)C1CCOCC1. The summed E-state index contributed by atoms with van der Waals surface area (Å²) in [6, 6.07) is 2.38. The average molecular weight is 688 g/mol. The van der Waals surface area contributed by atoms with Crippen LogP contribution in [-0.2, 0) is 37.9 Å². The zero-order valence-corrected chi connectivity index (χ0v) is 26.9. The molecule has 264 valence electrons. The maximum atomic E-state index is 13.6. The zero-order chi connectivity index (χ0) is 34.8. The molecule has 2 aromatic rings. The number of rotatable bonds is 9. The van der Waals surface area contributed by atoms with Crippen molar-refractivity contribution in [3.63, 3.8) is 0 Å². The first-order chi connectivity index (χ1) is 22.7. The summed E-state index contributed by atoms with van der Waals surface area (Å²) in [7, 11) is 1.34. The molecule has 1 amide bonds. The van der Waals surface area contributed by atoms with Crippen molar-refractivity contribution in [3.8, 4) is 0 Å². The van der Waals surface area contributed by atoms with Crippen LogP contribution in [0.25, 0.3) is 0 Å². The second kappa shape index (κ2) is 14.4. The quantitative estimate of drug-likeness (QED) is 0.251. The molecule has 0 bridgehead atoms. The van der Waals surface area contributed by atoms with E-state index in [9.17, 15) is 35.9 Å². The number of cyclic esters (lactones) is 1. The van der Waals surface area contributed by atoms with Gasteiger partial charge in [0.25, 0.3) is 0 Å². The Kier molecular flexibility index (Phi) is 10.6. The van der Waals surface area contributed by atoms with Crippen LogP contribution >= 0.6 is 0 Å². The van der Waals surface area contributed by atoms with Gasteiger partial charge in [-0.2, -0.15) is 26.3 Å². The molecule has 5 rings (SSSR count). The first-order valence-corrected chi connectivity index (χ1v) is 15.8. The predicted octanol–water partition coefficient (Wildman–Crippen LogP) is 5.50. The number of piperazine rings is 1. The molecule has 0 unspecified atom stereocenters. The molecule has 48 heavy (non-hydrogen) atoms. The van der Waals surface area contributed by atoms with Crippen LogP contribution in [0.4, 0.5) is 42.6 Å². The van der Waals surface area contributed by atoms with Gasteiger partial charge in [-0.3, -0.25) is 14.6 Å². The standard InChI is InChI=1S/C32H39F6N5O5/c1-4-42(25-5-11-47-12-6-25)29-22(15-26(17-39-29)41-9-7-40(8-10-41)19-27(44)46-3)18-43-20(2)28(48-30(43)45)21-13-23(31(33,34)35)16-24(14-21)32(36,37)38/h13-17,20,25,28H,4-12,18-19H2,1-3H3/t20-,28-/m0/s1. The van der Waals surface area contributed by atoms with Crippen LogP contribution in [0.2, 0.25) is 0 Å². The van der Waals surface area contributed by atoms with Gasteiger partial charge in [-0.05, 0) is 56.5 Å². The third-order valence-electron chi connectivity index (χ3n) is 9.16. The third-order valence-corrected chi connectivity index (χ3v) is 9.16. The van der Waals surface area contributed by atoms with E-state index < -0.39 is 47.3 Å². The molecule has 0 spiro atoms.